The average molecular weight is 326 g/mol. The predicted octanol–water partition coefficient (Wildman–Crippen LogP) is 5.36. The van der Waals surface area contributed by atoms with Crippen LogP contribution in [0, 0.1) is 0 Å². The van der Waals surface area contributed by atoms with Gasteiger partial charge in [0.15, 0.2) is 17.3 Å². The maximum Gasteiger partial charge on any atom is 0.196 e. The van der Waals surface area contributed by atoms with Crippen LogP contribution in [0.3, 0.4) is 0 Å². The first kappa shape index (κ1) is 18.1. The molecule has 2 aromatic rings. The molecule has 0 amide bonds. The number of aromatic hydroxyl groups is 1. The highest BCUT2D eigenvalue weighted by Gasteiger charge is 2.17. The van der Waals surface area contributed by atoms with E-state index in [0.29, 0.717) is 23.5 Å². The van der Waals surface area contributed by atoms with Crippen molar-refractivity contribution in [2.24, 2.45) is 0 Å². The molecule has 0 aromatic heterocycles. The summed E-state index contributed by atoms with van der Waals surface area (Å²) < 4.78 is 5.75. The van der Waals surface area contributed by atoms with E-state index >= 15 is 0 Å². The van der Waals surface area contributed by atoms with Gasteiger partial charge in [0.25, 0.3) is 0 Å². The van der Waals surface area contributed by atoms with Gasteiger partial charge < -0.3 is 9.84 Å². The van der Waals surface area contributed by atoms with Gasteiger partial charge in [-0.05, 0) is 18.6 Å². The summed E-state index contributed by atoms with van der Waals surface area (Å²) in [6.45, 7) is 2.71. The summed E-state index contributed by atoms with van der Waals surface area (Å²) in [5.41, 5.74) is 1.000. The minimum atomic E-state index is -0.135. The molecule has 3 nitrogen and oxygen atoms in total. The Kier molecular flexibility index (Phi) is 7.34. The Bertz CT molecular complexity index is 635. The van der Waals surface area contributed by atoms with Crippen molar-refractivity contribution in [3.05, 3.63) is 59.7 Å². The minimum Gasteiger partial charge on any atom is -0.504 e. The fourth-order valence-electron chi connectivity index (χ4n) is 2.66. The molecule has 0 saturated carbocycles. The standard InChI is InChI=1S/C21H26O3/c1-2-3-4-5-6-10-16-24-21-18(14-11-15-19(21)22)20(23)17-12-8-7-9-13-17/h7-9,11-15,22H,2-6,10,16H2,1H3. The maximum absolute atomic E-state index is 12.6. The lowest BCUT2D eigenvalue weighted by atomic mass is 10.0. The zero-order chi connectivity index (χ0) is 17.2. The van der Waals surface area contributed by atoms with Crippen molar-refractivity contribution in [3.8, 4) is 11.5 Å². The van der Waals surface area contributed by atoms with E-state index in [1.165, 1.54) is 25.7 Å². The Morgan fingerprint density at radius 3 is 2.38 bits per heavy atom. The molecule has 3 heteroatoms. The van der Waals surface area contributed by atoms with Crippen molar-refractivity contribution in [1.82, 2.24) is 0 Å². The predicted molar refractivity (Wildman–Crippen MR) is 96.9 cm³/mol. The smallest absolute Gasteiger partial charge is 0.196 e. The van der Waals surface area contributed by atoms with Gasteiger partial charge in [0, 0.05) is 5.56 Å². The number of hydrogen-bond donors (Lipinski definition) is 1. The van der Waals surface area contributed by atoms with Crippen molar-refractivity contribution >= 4 is 5.78 Å². The van der Waals surface area contributed by atoms with Gasteiger partial charge in [0.05, 0.1) is 12.2 Å². The molecule has 0 saturated heterocycles. The third kappa shape index (κ3) is 5.12. The number of ketones is 1. The third-order valence-electron chi connectivity index (χ3n) is 4.02. The summed E-state index contributed by atoms with van der Waals surface area (Å²) in [4.78, 5) is 12.6. The second-order valence-electron chi connectivity index (χ2n) is 5.97. The van der Waals surface area contributed by atoms with Crippen LogP contribution in [-0.4, -0.2) is 17.5 Å². The molecule has 0 atom stereocenters. The molecule has 1 N–H and O–H groups in total. The van der Waals surface area contributed by atoms with Crippen LogP contribution in [-0.2, 0) is 0 Å². The van der Waals surface area contributed by atoms with Crippen LogP contribution < -0.4 is 4.74 Å². The molecule has 0 heterocycles. The molecule has 0 aliphatic carbocycles. The molecule has 24 heavy (non-hydrogen) atoms. The van der Waals surface area contributed by atoms with Crippen LogP contribution >= 0.6 is 0 Å². The first-order chi connectivity index (χ1) is 11.7. The number of unbranched alkanes of at least 4 members (excludes halogenated alkanes) is 5. The van der Waals surface area contributed by atoms with Gasteiger partial charge in [-0.25, -0.2) is 0 Å². The highest BCUT2D eigenvalue weighted by Crippen LogP contribution is 2.31. The summed E-state index contributed by atoms with van der Waals surface area (Å²) in [5.74, 6) is 0.173. The first-order valence-electron chi connectivity index (χ1n) is 8.78. The van der Waals surface area contributed by atoms with Crippen molar-refractivity contribution in [3.63, 3.8) is 0 Å². The highest BCUT2D eigenvalue weighted by atomic mass is 16.5. The Balaban J connectivity index is 1.98. The number of carbonyl (C=O) groups is 1. The number of benzene rings is 2. The molecule has 0 spiro atoms. The Morgan fingerprint density at radius 2 is 1.62 bits per heavy atom. The number of ether oxygens (including phenoxy) is 1. The van der Waals surface area contributed by atoms with Crippen molar-refractivity contribution in [2.75, 3.05) is 6.61 Å². The van der Waals surface area contributed by atoms with E-state index in [-0.39, 0.29) is 11.5 Å². The van der Waals surface area contributed by atoms with Gasteiger partial charge in [-0.1, -0.05) is 75.4 Å². The van der Waals surface area contributed by atoms with Crippen LogP contribution in [0.5, 0.6) is 11.5 Å². The van der Waals surface area contributed by atoms with Crippen molar-refractivity contribution in [2.45, 2.75) is 45.4 Å². The van der Waals surface area contributed by atoms with E-state index in [9.17, 15) is 9.90 Å². The van der Waals surface area contributed by atoms with Gasteiger partial charge >= 0.3 is 0 Å². The highest BCUT2D eigenvalue weighted by molar-refractivity contribution is 6.11. The summed E-state index contributed by atoms with van der Waals surface area (Å²) in [5, 5.41) is 10.1. The third-order valence-corrected chi connectivity index (χ3v) is 4.02. The maximum atomic E-state index is 12.6. The fourth-order valence-corrected chi connectivity index (χ4v) is 2.66. The molecule has 0 bridgehead atoms. The van der Waals surface area contributed by atoms with Crippen LogP contribution in [0.25, 0.3) is 0 Å². The number of carbonyl (C=O) groups excluding carboxylic acids is 1. The topological polar surface area (TPSA) is 46.5 Å². The van der Waals surface area contributed by atoms with E-state index in [4.69, 9.17) is 4.74 Å². The van der Waals surface area contributed by atoms with Gasteiger partial charge in [0.2, 0.25) is 0 Å². The zero-order valence-corrected chi connectivity index (χ0v) is 14.3. The van der Waals surface area contributed by atoms with Gasteiger partial charge in [-0.15, -0.1) is 0 Å². The van der Waals surface area contributed by atoms with Crippen molar-refractivity contribution in [1.29, 1.82) is 0 Å². The molecule has 128 valence electrons. The number of rotatable bonds is 10. The summed E-state index contributed by atoms with van der Waals surface area (Å²) in [7, 11) is 0. The fraction of sp³-hybridized carbons (Fsp3) is 0.381. The monoisotopic (exact) mass is 326 g/mol. The lowest BCUT2D eigenvalue weighted by molar-refractivity contribution is 0.103. The molecule has 0 unspecified atom stereocenters. The summed E-state index contributed by atoms with van der Waals surface area (Å²) in [6, 6.07) is 14.0. The SMILES string of the molecule is CCCCCCCCOc1c(O)cccc1C(=O)c1ccccc1. The van der Waals surface area contributed by atoms with Crippen LogP contribution in [0.2, 0.25) is 0 Å². The molecule has 0 fully saturated rings. The number of phenols is 1. The molecule has 0 radical (unpaired) electrons. The molecular weight excluding hydrogens is 300 g/mol. The first-order valence-corrected chi connectivity index (χ1v) is 8.78. The van der Waals surface area contributed by atoms with E-state index in [1.54, 1.807) is 30.3 Å². The molecule has 0 aliphatic heterocycles. The zero-order valence-electron chi connectivity index (χ0n) is 14.3. The Labute approximate surface area is 144 Å². The second-order valence-corrected chi connectivity index (χ2v) is 5.97. The lowest BCUT2D eigenvalue weighted by Crippen LogP contribution is -2.06. The number of para-hydroxylation sites is 1. The van der Waals surface area contributed by atoms with E-state index in [1.807, 2.05) is 18.2 Å². The van der Waals surface area contributed by atoms with Gasteiger partial charge in [-0.3, -0.25) is 4.79 Å². The van der Waals surface area contributed by atoms with Gasteiger partial charge in [-0.2, -0.15) is 0 Å². The molecule has 2 aromatic carbocycles. The van der Waals surface area contributed by atoms with E-state index in [0.717, 1.165) is 12.8 Å². The number of phenolic OH excluding ortho intramolecular Hbond substituents is 1. The minimum absolute atomic E-state index is 0.0164. The largest absolute Gasteiger partial charge is 0.504 e. The van der Waals surface area contributed by atoms with Crippen molar-refractivity contribution < 1.29 is 14.6 Å². The number of hydrogen-bond acceptors (Lipinski definition) is 3. The Morgan fingerprint density at radius 1 is 0.917 bits per heavy atom. The molecular formula is C21H26O3. The normalized spacial score (nSPS) is 10.5. The van der Waals surface area contributed by atoms with E-state index in [2.05, 4.69) is 6.92 Å². The van der Waals surface area contributed by atoms with Crippen LogP contribution in [0.4, 0.5) is 0 Å². The lowest BCUT2D eigenvalue weighted by Gasteiger charge is -2.12. The van der Waals surface area contributed by atoms with Crippen LogP contribution in [0.15, 0.2) is 48.5 Å². The average Bonchev–Trinajstić information content (AvgIpc) is 2.62. The molecule has 2 rings (SSSR count). The quantitative estimate of drug-likeness (QED) is 0.472. The van der Waals surface area contributed by atoms with Gasteiger partial charge in [0.1, 0.15) is 0 Å². The van der Waals surface area contributed by atoms with Crippen LogP contribution in [0.1, 0.15) is 61.4 Å². The van der Waals surface area contributed by atoms with E-state index < -0.39 is 0 Å². The summed E-state index contributed by atoms with van der Waals surface area (Å²) in [6.07, 6.45) is 7.00. The Hall–Kier alpha value is -2.29. The molecule has 0 aliphatic rings. The summed E-state index contributed by atoms with van der Waals surface area (Å²) >= 11 is 0. The second kappa shape index (κ2) is 9.76.